The molecule has 1 aromatic heterocycles. The van der Waals surface area contributed by atoms with Crippen molar-refractivity contribution < 1.29 is 18.4 Å². The number of halogens is 1. The van der Waals surface area contributed by atoms with Crippen LogP contribution in [0.25, 0.3) is 0 Å². The van der Waals surface area contributed by atoms with Crippen molar-refractivity contribution in [1.82, 2.24) is 4.90 Å². The zero-order chi connectivity index (χ0) is 19.5. The molecule has 0 saturated carbocycles. The maximum absolute atomic E-state index is 13.0. The van der Waals surface area contributed by atoms with E-state index in [2.05, 4.69) is 5.32 Å². The molecule has 0 bridgehead atoms. The number of benzene rings is 2. The molecule has 1 N–H and O–H groups in total. The van der Waals surface area contributed by atoms with Crippen molar-refractivity contribution in [3.8, 4) is 0 Å². The van der Waals surface area contributed by atoms with E-state index in [1.54, 1.807) is 41.1 Å². The fourth-order valence-electron chi connectivity index (χ4n) is 3.01. The molecule has 142 valence electrons. The van der Waals surface area contributed by atoms with Gasteiger partial charge in [-0.2, -0.15) is 0 Å². The van der Waals surface area contributed by atoms with Gasteiger partial charge in [-0.3, -0.25) is 9.59 Å². The van der Waals surface area contributed by atoms with Crippen molar-refractivity contribution in [3.63, 3.8) is 0 Å². The smallest absolute Gasteiger partial charge is 0.255 e. The highest BCUT2D eigenvalue weighted by molar-refractivity contribution is 8.00. The number of rotatable bonds is 5. The molecule has 4 rings (SSSR count). The summed E-state index contributed by atoms with van der Waals surface area (Å²) >= 11 is 1.55. The van der Waals surface area contributed by atoms with Gasteiger partial charge < -0.3 is 14.6 Å². The number of furan rings is 1. The minimum atomic E-state index is -0.356. The Kier molecular flexibility index (Phi) is 5.16. The van der Waals surface area contributed by atoms with Crippen LogP contribution in [0.1, 0.15) is 27.1 Å². The molecule has 1 unspecified atom stereocenters. The summed E-state index contributed by atoms with van der Waals surface area (Å²) in [6, 6.07) is 16.4. The molecule has 7 heteroatoms. The predicted molar refractivity (Wildman–Crippen MR) is 105 cm³/mol. The van der Waals surface area contributed by atoms with E-state index in [0.717, 1.165) is 11.3 Å². The van der Waals surface area contributed by atoms with Gasteiger partial charge in [-0.1, -0.05) is 12.1 Å². The Labute approximate surface area is 165 Å². The van der Waals surface area contributed by atoms with Crippen molar-refractivity contribution in [2.75, 3.05) is 11.1 Å². The molecule has 3 aromatic rings. The number of hydrogen-bond acceptors (Lipinski definition) is 4. The quantitative estimate of drug-likeness (QED) is 0.692. The van der Waals surface area contributed by atoms with Crippen LogP contribution in [0.5, 0.6) is 0 Å². The van der Waals surface area contributed by atoms with Crippen molar-refractivity contribution >= 4 is 29.3 Å². The molecule has 0 spiro atoms. The first-order valence-electron chi connectivity index (χ1n) is 8.70. The summed E-state index contributed by atoms with van der Waals surface area (Å²) < 4.78 is 18.3. The van der Waals surface area contributed by atoms with E-state index >= 15 is 0 Å². The lowest BCUT2D eigenvalue weighted by Crippen LogP contribution is -2.27. The fourth-order valence-corrected chi connectivity index (χ4v) is 4.20. The molecule has 1 aliphatic rings. The highest BCUT2D eigenvalue weighted by Crippen LogP contribution is 2.39. The number of nitrogens with one attached hydrogen (secondary N) is 1. The Bertz CT molecular complexity index is 972. The molecular formula is C21H17FN2O3S. The Morgan fingerprint density at radius 2 is 1.89 bits per heavy atom. The number of nitrogens with zero attached hydrogens (tertiary/aromatic N) is 1. The third-order valence-corrected chi connectivity index (χ3v) is 5.69. The lowest BCUT2D eigenvalue weighted by molar-refractivity contribution is -0.128. The highest BCUT2D eigenvalue weighted by atomic mass is 32.2. The minimum Gasteiger partial charge on any atom is -0.467 e. The van der Waals surface area contributed by atoms with Crippen LogP contribution >= 0.6 is 11.8 Å². The second-order valence-electron chi connectivity index (χ2n) is 6.35. The van der Waals surface area contributed by atoms with Gasteiger partial charge in [0.25, 0.3) is 5.91 Å². The van der Waals surface area contributed by atoms with E-state index in [9.17, 15) is 14.0 Å². The molecule has 1 saturated heterocycles. The van der Waals surface area contributed by atoms with Gasteiger partial charge >= 0.3 is 0 Å². The SMILES string of the molecule is O=C(Nc1ccc(F)cc1)c1ccc(C2SCC(=O)N2Cc2ccco2)cc1. The van der Waals surface area contributed by atoms with E-state index < -0.39 is 0 Å². The Balaban J connectivity index is 1.46. The minimum absolute atomic E-state index is 0.0597. The summed E-state index contributed by atoms with van der Waals surface area (Å²) in [4.78, 5) is 26.4. The zero-order valence-corrected chi connectivity index (χ0v) is 15.6. The lowest BCUT2D eigenvalue weighted by Gasteiger charge is -2.23. The van der Waals surface area contributed by atoms with E-state index in [-0.39, 0.29) is 23.0 Å². The number of amides is 2. The maximum atomic E-state index is 13.0. The summed E-state index contributed by atoms with van der Waals surface area (Å²) in [7, 11) is 0. The lowest BCUT2D eigenvalue weighted by atomic mass is 10.1. The van der Waals surface area contributed by atoms with Crippen LogP contribution in [0.15, 0.2) is 71.3 Å². The number of carbonyl (C=O) groups is 2. The maximum Gasteiger partial charge on any atom is 0.255 e. The van der Waals surface area contributed by atoms with Gasteiger partial charge in [0.2, 0.25) is 5.91 Å². The molecule has 2 heterocycles. The van der Waals surface area contributed by atoms with Crippen molar-refractivity contribution in [2.45, 2.75) is 11.9 Å². The molecule has 5 nitrogen and oxygen atoms in total. The topological polar surface area (TPSA) is 62.6 Å². The molecule has 1 fully saturated rings. The molecule has 28 heavy (non-hydrogen) atoms. The molecule has 1 aliphatic heterocycles. The number of anilines is 1. The molecule has 1 atom stereocenters. The molecule has 2 aromatic carbocycles. The van der Waals surface area contributed by atoms with E-state index in [1.165, 1.54) is 24.3 Å². The van der Waals surface area contributed by atoms with Crippen LogP contribution in [-0.4, -0.2) is 22.5 Å². The van der Waals surface area contributed by atoms with Crippen LogP contribution in [-0.2, 0) is 11.3 Å². The van der Waals surface area contributed by atoms with E-state index in [1.807, 2.05) is 18.2 Å². The molecule has 2 amide bonds. The van der Waals surface area contributed by atoms with Gasteiger partial charge in [0, 0.05) is 11.3 Å². The zero-order valence-electron chi connectivity index (χ0n) is 14.8. The average Bonchev–Trinajstić information content (AvgIpc) is 3.35. The predicted octanol–water partition coefficient (Wildman–Crippen LogP) is 4.45. The Morgan fingerprint density at radius 1 is 1.14 bits per heavy atom. The third-order valence-electron chi connectivity index (χ3n) is 4.43. The number of thioether (sulfide) groups is 1. The fraction of sp³-hybridized carbons (Fsp3) is 0.143. The van der Waals surface area contributed by atoms with Gasteiger partial charge in [-0.15, -0.1) is 11.8 Å². The summed E-state index contributed by atoms with van der Waals surface area (Å²) in [6.07, 6.45) is 1.59. The summed E-state index contributed by atoms with van der Waals surface area (Å²) in [6.45, 7) is 0.413. The van der Waals surface area contributed by atoms with Gasteiger partial charge in [-0.25, -0.2) is 4.39 Å². The molecule has 0 aliphatic carbocycles. The summed E-state index contributed by atoms with van der Waals surface area (Å²) in [5.74, 6) is 0.574. The molecule has 0 radical (unpaired) electrons. The number of carbonyl (C=O) groups excluding carboxylic acids is 2. The van der Waals surface area contributed by atoms with Crippen LogP contribution in [0, 0.1) is 5.82 Å². The normalized spacial score (nSPS) is 16.4. The first kappa shape index (κ1) is 18.3. The first-order valence-corrected chi connectivity index (χ1v) is 9.75. The number of hydrogen-bond donors (Lipinski definition) is 1. The first-order chi connectivity index (χ1) is 13.6. The van der Waals surface area contributed by atoms with Gasteiger partial charge in [0.05, 0.1) is 18.6 Å². The highest BCUT2D eigenvalue weighted by Gasteiger charge is 2.33. The van der Waals surface area contributed by atoms with Gasteiger partial charge in [0.1, 0.15) is 17.0 Å². The summed E-state index contributed by atoms with van der Waals surface area (Å²) in [5.41, 5.74) is 1.96. The Hall–Kier alpha value is -3.06. The van der Waals surface area contributed by atoms with Crippen LogP contribution in [0.4, 0.5) is 10.1 Å². The van der Waals surface area contributed by atoms with Crippen LogP contribution in [0.2, 0.25) is 0 Å². The van der Waals surface area contributed by atoms with E-state index in [0.29, 0.717) is 23.5 Å². The van der Waals surface area contributed by atoms with E-state index in [4.69, 9.17) is 4.42 Å². The molecular weight excluding hydrogens is 379 g/mol. The van der Waals surface area contributed by atoms with Crippen molar-refractivity contribution in [3.05, 3.63) is 89.6 Å². The standard InChI is InChI=1S/C21H17FN2O3S/c22-16-7-9-17(10-8-16)23-20(26)14-3-5-15(6-4-14)21-24(19(25)13-28-21)12-18-2-1-11-27-18/h1-11,21H,12-13H2,(H,23,26). The summed E-state index contributed by atoms with van der Waals surface area (Å²) in [5, 5.41) is 2.61. The second-order valence-corrected chi connectivity index (χ2v) is 7.42. The average molecular weight is 396 g/mol. The van der Waals surface area contributed by atoms with Gasteiger partial charge in [-0.05, 0) is 54.1 Å². The van der Waals surface area contributed by atoms with Crippen LogP contribution < -0.4 is 5.32 Å². The van der Waals surface area contributed by atoms with Crippen molar-refractivity contribution in [1.29, 1.82) is 0 Å². The van der Waals surface area contributed by atoms with Crippen molar-refractivity contribution in [2.24, 2.45) is 0 Å². The van der Waals surface area contributed by atoms with Gasteiger partial charge in [0.15, 0.2) is 0 Å². The Morgan fingerprint density at radius 3 is 2.57 bits per heavy atom. The monoisotopic (exact) mass is 396 g/mol. The third kappa shape index (κ3) is 3.94. The van der Waals surface area contributed by atoms with Crippen LogP contribution in [0.3, 0.4) is 0 Å². The second kappa shape index (κ2) is 7.90. The largest absolute Gasteiger partial charge is 0.467 e.